The number of fused-ring (bicyclic) bond motifs is 1. The van der Waals surface area contributed by atoms with E-state index in [9.17, 15) is 22.8 Å². The molecule has 40 heavy (non-hydrogen) atoms. The summed E-state index contributed by atoms with van der Waals surface area (Å²) in [5.41, 5.74) is 1.82. The van der Waals surface area contributed by atoms with Crippen LogP contribution in [0.2, 0.25) is 0 Å². The average molecular weight is 545 g/mol. The van der Waals surface area contributed by atoms with E-state index < -0.39 is 17.6 Å². The number of hydrogen-bond donors (Lipinski definition) is 0. The smallest absolute Gasteiger partial charge is 0.321 e. The second-order valence-corrected chi connectivity index (χ2v) is 11.1. The van der Waals surface area contributed by atoms with Crippen molar-refractivity contribution >= 4 is 17.9 Å². The van der Waals surface area contributed by atoms with E-state index >= 15 is 0 Å². The zero-order valence-electron chi connectivity index (χ0n) is 22.1. The largest absolute Gasteiger partial charge is 0.416 e. The minimum absolute atomic E-state index is 0.0257. The van der Waals surface area contributed by atoms with Gasteiger partial charge in [0, 0.05) is 35.7 Å². The van der Waals surface area contributed by atoms with Gasteiger partial charge in [-0.15, -0.1) is 10.2 Å². The van der Waals surface area contributed by atoms with Crippen LogP contribution in [0.15, 0.2) is 67.0 Å². The van der Waals surface area contributed by atoms with E-state index in [4.69, 9.17) is 0 Å². The molecule has 6 nitrogen and oxygen atoms in total. The Hall–Kier alpha value is -4.27. The highest BCUT2D eigenvalue weighted by atomic mass is 19.4. The third-order valence-electron chi connectivity index (χ3n) is 8.28. The van der Waals surface area contributed by atoms with Crippen LogP contribution in [0, 0.1) is 5.92 Å². The van der Waals surface area contributed by atoms with Gasteiger partial charge in [-0.1, -0.05) is 43.3 Å². The molecule has 0 N–H and O–H groups in total. The second kappa shape index (κ2) is 9.43. The first kappa shape index (κ1) is 26.0. The molecule has 0 spiro atoms. The van der Waals surface area contributed by atoms with Crippen LogP contribution >= 0.6 is 0 Å². The van der Waals surface area contributed by atoms with Gasteiger partial charge in [-0.05, 0) is 65.3 Å². The average Bonchev–Trinajstić information content (AvgIpc) is 3.48. The lowest BCUT2D eigenvalue weighted by molar-refractivity contribution is -0.138. The summed E-state index contributed by atoms with van der Waals surface area (Å²) in [7, 11) is 1.91. The molecule has 0 bridgehead atoms. The predicted octanol–water partition coefficient (Wildman–Crippen LogP) is 6.38. The van der Waals surface area contributed by atoms with Gasteiger partial charge in [0.25, 0.3) is 5.91 Å². The van der Waals surface area contributed by atoms with Gasteiger partial charge in [0.05, 0.1) is 12.1 Å². The summed E-state index contributed by atoms with van der Waals surface area (Å²) in [5, 5.41) is 8.28. The van der Waals surface area contributed by atoms with E-state index in [-0.39, 0.29) is 28.7 Å². The molecule has 0 unspecified atom stereocenters. The standard InChI is InChI=1S/C31H27F3N4O2/c1-19-13-30(14-19,15-28-36-35-18-37(28)2)23-4-3-5-24(12-23)38-16-26-25(29(38)40)10-22(11-27(26)31(32,33)34)21-8-6-20(17-39)7-9-21/h3-12,17-19H,13-16H2,1-2H3/t19-,30-. The summed E-state index contributed by atoms with van der Waals surface area (Å²) in [5.74, 6) is 0.932. The number of halogens is 3. The summed E-state index contributed by atoms with van der Waals surface area (Å²) in [6, 6.07) is 16.5. The number of alkyl halides is 3. The number of carbonyl (C=O) groups is 2. The SMILES string of the molecule is Cn1cnnc1C[C@]1(c2cccc(N3Cc4c(cc(-c5ccc(C=O)cc5)cc4C(F)(F)F)C3=O)c2)C[C@H](C)C1. The number of rotatable bonds is 6. The first-order valence-corrected chi connectivity index (χ1v) is 13.1. The molecule has 1 amide bonds. The van der Waals surface area contributed by atoms with Gasteiger partial charge in [-0.3, -0.25) is 9.59 Å². The maximum Gasteiger partial charge on any atom is 0.416 e. The van der Waals surface area contributed by atoms with Crippen molar-refractivity contribution in [1.82, 2.24) is 14.8 Å². The Bertz CT molecular complexity index is 1620. The van der Waals surface area contributed by atoms with Crippen molar-refractivity contribution in [3.8, 4) is 11.1 Å². The zero-order chi connectivity index (χ0) is 28.2. The van der Waals surface area contributed by atoms with Gasteiger partial charge in [0.1, 0.15) is 18.4 Å². The summed E-state index contributed by atoms with van der Waals surface area (Å²) in [6.07, 6.45) is 0.290. The monoisotopic (exact) mass is 544 g/mol. The van der Waals surface area contributed by atoms with Crippen LogP contribution in [-0.2, 0) is 31.6 Å². The Labute approximate surface area is 229 Å². The fraction of sp³-hybridized carbons (Fsp3) is 0.290. The molecule has 0 atom stereocenters. The number of benzene rings is 3. The summed E-state index contributed by atoms with van der Waals surface area (Å²) >= 11 is 0. The number of aromatic nitrogens is 3. The van der Waals surface area contributed by atoms with E-state index in [0.29, 0.717) is 35.4 Å². The van der Waals surface area contributed by atoms with Gasteiger partial charge < -0.3 is 9.47 Å². The molecule has 2 aliphatic rings. The van der Waals surface area contributed by atoms with Crippen LogP contribution in [0.5, 0.6) is 0 Å². The quantitative estimate of drug-likeness (QED) is 0.264. The summed E-state index contributed by atoms with van der Waals surface area (Å²) in [4.78, 5) is 26.1. The number of hydrogen-bond acceptors (Lipinski definition) is 4. The topological polar surface area (TPSA) is 68.1 Å². The van der Waals surface area contributed by atoms with Crippen LogP contribution in [0.1, 0.15) is 63.0 Å². The van der Waals surface area contributed by atoms with Gasteiger partial charge in [0.2, 0.25) is 0 Å². The summed E-state index contributed by atoms with van der Waals surface area (Å²) in [6.45, 7) is 2.03. The summed E-state index contributed by atoms with van der Waals surface area (Å²) < 4.78 is 44.6. The molecular formula is C31H27F3N4O2. The van der Waals surface area contributed by atoms with Gasteiger partial charge in [0.15, 0.2) is 0 Å². The minimum atomic E-state index is -4.64. The Kier molecular flexibility index (Phi) is 6.12. The fourth-order valence-corrected chi connectivity index (χ4v) is 6.32. The highest BCUT2D eigenvalue weighted by molar-refractivity contribution is 6.11. The van der Waals surface area contributed by atoms with Crippen molar-refractivity contribution in [3.05, 3.63) is 101 Å². The van der Waals surface area contributed by atoms with Crippen LogP contribution in [-0.4, -0.2) is 27.0 Å². The number of aldehydes is 1. The van der Waals surface area contributed by atoms with Crippen molar-refractivity contribution in [1.29, 1.82) is 0 Å². The maximum atomic E-state index is 14.2. The van der Waals surface area contributed by atoms with Crippen molar-refractivity contribution in [2.45, 2.75) is 44.3 Å². The van der Waals surface area contributed by atoms with Crippen LogP contribution in [0.4, 0.5) is 18.9 Å². The van der Waals surface area contributed by atoms with E-state index in [1.807, 2.05) is 29.8 Å². The maximum absolute atomic E-state index is 14.2. The molecule has 0 saturated heterocycles. The van der Waals surface area contributed by atoms with Crippen molar-refractivity contribution < 1.29 is 22.8 Å². The van der Waals surface area contributed by atoms with Crippen LogP contribution in [0.25, 0.3) is 11.1 Å². The zero-order valence-corrected chi connectivity index (χ0v) is 22.1. The molecule has 1 fully saturated rings. The van der Waals surface area contributed by atoms with E-state index in [0.717, 1.165) is 30.3 Å². The number of carbonyl (C=O) groups excluding carboxylic acids is 2. The Morgan fingerprint density at radius 3 is 2.42 bits per heavy atom. The van der Waals surface area contributed by atoms with Crippen molar-refractivity contribution in [2.24, 2.45) is 13.0 Å². The van der Waals surface area contributed by atoms with E-state index in [1.165, 1.54) is 11.0 Å². The molecule has 4 aromatic rings. The molecule has 1 saturated carbocycles. The van der Waals surface area contributed by atoms with Crippen molar-refractivity contribution in [2.75, 3.05) is 4.90 Å². The first-order valence-electron chi connectivity index (χ1n) is 13.1. The molecule has 9 heteroatoms. The minimum Gasteiger partial charge on any atom is -0.321 e. The van der Waals surface area contributed by atoms with E-state index in [2.05, 4.69) is 17.1 Å². The lowest BCUT2D eigenvalue weighted by Crippen LogP contribution is -2.42. The van der Waals surface area contributed by atoms with Gasteiger partial charge >= 0.3 is 6.18 Å². The highest BCUT2D eigenvalue weighted by Crippen LogP contribution is 2.50. The number of aryl methyl sites for hydroxylation is 1. The molecule has 2 heterocycles. The molecular weight excluding hydrogens is 517 g/mol. The molecule has 1 aliphatic carbocycles. The Balaban J connectivity index is 1.37. The lowest BCUT2D eigenvalue weighted by atomic mass is 9.57. The Morgan fingerprint density at radius 2 is 1.80 bits per heavy atom. The predicted molar refractivity (Wildman–Crippen MR) is 144 cm³/mol. The molecule has 1 aliphatic heterocycles. The number of anilines is 1. The van der Waals surface area contributed by atoms with E-state index in [1.54, 1.807) is 36.7 Å². The first-order chi connectivity index (χ1) is 19.1. The number of nitrogens with zero attached hydrogens (tertiary/aromatic N) is 4. The second-order valence-electron chi connectivity index (χ2n) is 11.1. The third-order valence-corrected chi connectivity index (χ3v) is 8.28. The van der Waals surface area contributed by atoms with Gasteiger partial charge in [-0.25, -0.2) is 0 Å². The molecule has 0 radical (unpaired) electrons. The van der Waals surface area contributed by atoms with Crippen LogP contribution < -0.4 is 4.90 Å². The molecule has 3 aromatic carbocycles. The Morgan fingerprint density at radius 1 is 1.05 bits per heavy atom. The van der Waals surface area contributed by atoms with Crippen LogP contribution in [0.3, 0.4) is 0 Å². The van der Waals surface area contributed by atoms with Crippen molar-refractivity contribution in [3.63, 3.8) is 0 Å². The third kappa shape index (κ3) is 4.39. The lowest BCUT2D eigenvalue weighted by Gasteiger charge is -2.47. The normalized spacial score (nSPS) is 20.4. The molecule has 1 aromatic heterocycles. The number of amides is 1. The highest BCUT2D eigenvalue weighted by Gasteiger charge is 2.45. The molecule has 204 valence electrons. The van der Waals surface area contributed by atoms with Gasteiger partial charge in [-0.2, -0.15) is 13.2 Å². The molecule has 6 rings (SSSR count). The fourth-order valence-electron chi connectivity index (χ4n) is 6.32.